The van der Waals surface area contributed by atoms with Crippen LogP contribution in [-0.4, -0.2) is 0 Å². The van der Waals surface area contributed by atoms with Gasteiger partial charge in [0.25, 0.3) is 0 Å². The lowest BCUT2D eigenvalue weighted by Crippen LogP contribution is -2.12. The van der Waals surface area contributed by atoms with Gasteiger partial charge in [-0.15, -0.1) is 0 Å². The molecule has 0 unspecified atom stereocenters. The first kappa shape index (κ1) is 14.8. The third-order valence-electron chi connectivity index (χ3n) is 3.87. The molecule has 2 aromatic carbocycles. The highest BCUT2D eigenvalue weighted by Gasteiger charge is 2.16. The summed E-state index contributed by atoms with van der Waals surface area (Å²) >= 11 is 0. The summed E-state index contributed by atoms with van der Waals surface area (Å²) in [6.07, 6.45) is 1.03. The first-order valence-electron chi connectivity index (χ1n) is 7.55. The fourth-order valence-corrected chi connectivity index (χ4v) is 2.58. The molecule has 0 fully saturated rings. The minimum Gasteiger partial charge on any atom is -0.0622 e. The van der Waals surface area contributed by atoms with Crippen molar-refractivity contribution in [2.45, 2.75) is 52.4 Å². The Bertz CT molecular complexity index is 556. The Kier molecular flexibility index (Phi) is 4.32. The van der Waals surface area contributed by atoms with E-state index in [0.717, 1.165) is 6.42 Å². The molecular weight excluding hydrogens is 240 g/mol. The van der Waals surface area contributed by atoms with Crippen molar-refractivity contribution in [3.63, 3.8) is 0 Å². The second kappa shape index (κ2) is 5.83. The van der Waals surface area contributed by atoms with Gasteiger partial charge >= 0.3 is 0 Å². The maximum absolute atomic E-state index is 2.41. The Morgan fingerprint density at radius 1 is 0.900 bits per heavy atom. The maximum atomic E-state index is 2.41. The molecule has 0 heterocycles. The summed E-state index contributed by atoms with van der Waals surface area (Å²) in [7, 11) is 0. The van der Waals surface area contributed by atoms with E-state index in [1.54, 1.807) is 0 Å². The van der Waals surface area contributed by atoms with E-state index in [-0.39, 0.29) is 5.41 Å². The van der Waals surface area contributed by atoms with E-state index >= 15 is 0 Å². The average molecular weight is 266 g/mol. The number of benzene rings is 2. The maximum Gasteiger partial charge on any atom is -0.00229 e. The highest BCUT2D eigenvalue weighted by atomic mass is 14.2. The van der Waals surface area contributed by atoms with Crippen molar-refractivity contribution in [2.24, 2.45) is 0 Å². The quantitative estimate of drug-likeness (QED) is 0.668. The van der Waals surface area contributed by atoms with Crippen LogP contribution in [0.1, 0.15) is 62.8 Å². The van der Waals surface area contributed by atoms with Crippen LogP contribution in [-0.2, 0) is 11.8 Å². The second-order valence-electron chi connectivity index (χ2n) is 6.98. The van der Waals surface area contributed by atoms with Gasteiger partial charge in [0.05, 0.1) is 0 Å². The van der Waals surface area contributed by atoms with Crippen LogP contribution in [0.4, 0.5) is 0 Å². The molecule has 0 atom stereocenters. The summed E-state index contributed by atoms with van der Waals surface area (Å²) in [6, 6.07) is 17.8. The van der Waals surface area contributed by atoms with Gasteiger partial charge in [-0.25, -0.2) is 0 Å². The minimum atomic E-state index is 0.217. The van der Waals surface area contributed by atoms with Gasteiger partial charge in [-0.1, -0.05) is 83.1 Å². The largest absolute Gasteiger partial charge is 0.0622 e. The Morgan fingerprint density at radius 3 is 2.10 bits per heavy atom. The predicted octanol–water partition coefficient (Wildman–Crippen LogP) is 5.70. The van der Waals surface area contributed by atoms with E-state index in [4.69, 9.17) is 0 Å². The molecule has 0 radical (unpaired) electrons. The summed E-state index contributed by atoms with van der Waals surface area (Å²) in [4.78, 5) is 0. The van der Waals surface area contributed by atoms with Gasteiger partial charge < -0.3 is 0 Å². The van der Waals surface area contributed by atoms with Crippen molar-refractivity contribution in [1.82, 2.24) is 0 Å². The smallest absolute Gasteiger partial charge is 0.00229 e. The molecule has 0 aliphatic heterocycles. The van der Waals surface area contributed by atoms with Gasteiger partial charge in [0.2, 0.25) is 0 Å². The van der Waals surface area contributed by atoms with Crippen molar-refractivity contribution >= 4 is 0 Å². The molecule has 2 aromatic rings. The number of hydrogen-bond acceptors (Lipinski definition) is 0. The molecule has 0 heteroatoms. The normalized spacial score (nSPS) is 11.9. The van der Waals surface area contributed by atoms with Gasteiger partial charge in [-0.3, -0.25) is 0 Å². The molecule has 0 aromatic heterocycles. The second-order valence-corrected chi connectivity index (χ2v) is 6.98. The first-order valence-corrected chi connectivity index (χ1v) is 7.55. The number of hydrogen-bond donors (Lipinski definition) is 0. The molecule has 0 N–H and O–H groups in total. The van der Waals surface area contributed by atoms with Crippen LogP contribution in [0.5, 0.6) is 0 Å². The van der Waals surface area contributed by atoms with E-state index in [1.165, 1.54) is 22.3 Å². The van der Waals surface area contributed by atoms with Crippen LogP contribution in [0.15, 0.2) is 48.5 Å². The Balaban J connectivity index is 2.38. The van der Waals surface area contributed by atoms with Crippen LogP contribution in [0.3, 0.4) is 0 Å². The van der Waals surface area contributed by atoms with Gasteiger partial charge in [-0.05, 0) is 40.0 Å². The zero-order valence-electron chi connectivity index (χ0n) is 13.4. The van der Waals surface area contributed by atoms with Crippen molar-refractivity contribution in [3.8, 4) is 0 Å². The molecule has 106 valence electrons. The molecule has 0 nitrogen and oxygen atoms in total. The van der Waals surface area contributed by atoms with Crippen LogP contribution in [0.2, 0.25) is 0 Å². The highest BCUT2D eigenvalue weighted by molar-refractivity contribution is 5.39. The standard InChI is InChI=1S/C20H26/c1-15(2)19-14-18(20(3,4)5)12-11-17(19)13-16-9-7-6-8-10-16/h6-12,14-15H,13H2,1-5H3. The molecule has 0 aliphatic carbocycles. The Labute approximate surface area is 123 Å². The summed E-state index contributed by atoms with van der Waals surface area (Å²) in [6.45, 7) is 11.4. The van der Waals surface area contributed by atoms with Crippen LogP contribution in [0.25, 0.3) is 0 Å². The summed E-state index contributed by atoms with van der Waals surface area (Å²) in [5.74, 6) is 0.566. The zero-order chi connectivity index (χ0) is 14.8. The van der Waals surface area contributed by atoms with Gasteiger partial charge in [-0.2, -0.15) is 0 Å². The lowest BCUT2D eigenvalue weighted by Gasteiger charge is -2.23. The number of rotatable bonds is 3. The van der Waals surface area contributed by atoms with Gasteiger partial charge in [0.1, 0.15) is 0 Å². The van der Waals surface area contributed by atoms with E-state index < -0.39 is 0 Å². The van der Waals surface area contributed by atoms with E-state index in [1.807, 2.05) is 0 Å². The van der Waals surface area contributed by atoms with Gasteiger partial charge in [0, 0.05) is 0 Å². The lowest BCUT2D eigenvalue weighted by molar-refractivity contribution is 0.588. The van der Waals surface area contributed by atoms with E-state index in [9.17, 15) is 0 Å². The predicted molar refractivity (Wildman–Crippen MR) is 88.5 cm³/mol. The molecular formula is C20H26. The summed E-state index contributed by atoms with van der Waals surface area (Å²) in [5.41, 5.74) is 5.98. The zero-order valence-corrected chi connectivity index (χ0v) is 13.4. The molecule has 0 bridgehead atoms. The van der Waals surface area contributed by atoms with Crippen LogP contribution in [0, 0.1) is 0 Å². The topological polar surface area (TPSA) is 0 Å². The van der Waals surface area contributed by atoms with E-state index in [0.29, 0.717) is 5.92 Å². The lowest BCUT2D eigenvalue weighted by atomic mass is 9.82. The molecule has 0 saturated heterocycles. The molecule has 2 rings (SSSR count). The Morgan fingerprint density at radius 2 is 1.55 bits per heavy atom. The van der Waals surface area contributed by atoms with Crippen molar-refractivity contribution in [2.75, 3.05) is 0 Å². The molecule has 0 aliphatic rings. The summed E-state index contributed by atoms with van der Waals surface area (Å²) < 4.78 is 0. The monoisotopic (exact) mass is 266 g/mol. The van der Waals surface area contributed by atoms with Crippen molar-refractivity contribution in [3.05, 3.63) is 70.8 Å². The van der Waals surface area contributed by atoms with Gasteiger partial charge in [0.15, 0.2) is 0 Å². The van der Waals surface area contributed by atoms with E-state index in [2.05, 4.69) is 83.1 Å². The molecule has 0 saturated carbocycles. The first-order chi connectivity index (χ1) is 9.38. The highest BCUT2D eigenvalue weighted by Crippen LogP contribution is 2.29. The minimum absolute atomic E-state index is 0.217. The fourth-order valence-electron chi connectivity index (χ4n) is 2.58. The summed E-state index contributed by atoms with van der Waals surface area (Å²) in [5, 5.41) is 0. The van der Waals surface area contributed by atoms with Crippen molar-refractivity contribution < 1.29 is 0 Å². The molecule has 0 amide bonds. The Hall–Kier alpha value is -1.56. The third-order valence-corrected chi connectivity index (χ3v) is 3.87. The molecule has 0 spiro atoms. The molecule has 20 heavy (non-hydrogen) atoms. The van der Waals surface area contributed by atoms with Crippen LogP contribution < -0.4 is 0 Å². The SMILES string of the molecule is CC(C)c1cc(C(C)(C)C)ccc1Cc1ccccc1. The fraction of sp³-hybridized carbons (Fsp3) is 0.400. The van der Waals surface area contributed by atoms with Crippen LogP contribution >= 0.6 is 0 Å². The van der Waals surface area contributed by atoms with Crippen molar-refractivity contribution in [1.29, 1.82) is 0 Å². The third kappa shape index (κ3) is 3.50. The average Bonchev–Trinajstić information content (AvgIpc) is 2.38.